The third-order valence-electron chi connectivity index (χ3n) is 4.46. The molecule has 0 bridgehead atoms. The molecule has 1 aromatic rings. The highest BCUT2D eigenvalue weighted by molar-refractivity contribution is 9.10. The van der Waals surface area contributed by atoms with Crippen molar-refractivity contribution in [2.75, 3.05) is 0 Å². The molecule has 20 heavy (non-hydrogen) atoms. The second kappa shape index (κ2) is 6.61. The van der Waals surface area contributed by atoms with Gasteiger partial charge < -0.3 is 5.32 Å². The first-order chi connectivity index (χ1) is 9.46. The average Bonchev–Trinajstić information content (AvgIpc) is 2.71. The molecular weight excluding hydrogens is 314 g/mol. The number of halogens is 1. The van der Waals surface area contributed by atoms with Crippen molar-refractivity contribution in [3.8, 4) is 0 Å². The Kier molecular flexibility index (Phi) is 5.30. The number of hydrogen-bond acceptors (Lipinski definition) is 2. The van der Waals surface area contributed by atoms with Crippen molar-refractivity contribution in [3.05, 3.63) is 15.9 Å². The van der Waals surface area contributed by atoms with Gasteiger partial charge in [0.2, 0.25) is 0 Å². The van der Waals surface area contributed by atoms with Crippen LogP contribution in [0.5, 0.6) is 0 Å². The molecule has 4 heteroatoms. The van der Waals surface area contributed by atoms with Gasteiger partial charge in [0.15, 0.2) is 0 Å². The maximum absolute atomic E-state index is 4.67. The molecule has 0 saturated heterocycles. The Balaban J connectivity index is 2.02. The highest BCUT2D eigenvalue weighted by atomic mass is 79.9. The smallest absolute Gasteiger partial charge is 0.0767 e. The molecule has 1 saturated carbocycles. The van der Waals surface area contributed by atoms with E-state index in [2.05, 4.69) is 58.7 Å². The zero-order valence-corrected chi connectivity index (χ0v) is 14.9. The van der Waals surface area contributed by atoms with Gasteiger partial charge in [-0.25, -0.2) is 0 Å². The molecule has 3 nitrogen and oxygen atoms in total. The summed E-state index contributed by atoms with van der Waals surface area (Å²) < 4.78 is 3.33. The Labute approximate surface area is 131 Å². The van der Waals surface area contributed by atoms with E-state index >= 15 is 0 Å². The van der Waals surface area contributed by atoms with Crippen LogP contribution < -0.4 is 5.32 Å². The van der Waals surface area contributed by atoms with Crippen LogP contribution in [-0.4, -0.2) is 15.8 Å². The highest BCUT2D eigenvalue weighted by Gasteiger charge is 2.28. The summed E-state index contributed by atoms with van der Waals surface area (Å²) in [5, 5.41) is 8.42. The van der Waals surface area contributed by atoms with E-state index < -0.39 is 0 Å². The lowest BCUT2D eigenvalue weighted by atomic mass is 9.75. The lowest BCUT2D eigenvalue weighted by Crippen LogP contribution is -2.37. The second-order valence-electron chi connectivity index (χ2n) is 6.72. The quantitative estimate of drug-likeness (QED) is 0.865. The average molecular weight is 342 g/mol. The van der Waals surface area contributed by atoms with Gasteiger partial charge in [-0.15, -0.1) is 0 Å². The number of nitrogens with one attached hydrogen (secondary N) is 1. The zero-order valence-electron chi connectivity index (χ0n) is 13.3. The van der Waals surface area contributed by atoms with Gasteiger partial charge in [0.05, 0.1) is 15.9 Å². The number of aryl methyl sites for hydroxylation is 2. The van der Waals surface area contributed by atoms with Gasteiger partial charge in [-0.3, -0.25) is 4.68 Å². The van der Waals surface area contributed by atoms with Crippen molar-refractivity contribution >= 4 is 15.9 Å². The molecule has 0 aliphatic heterocycles. The van der Waals surface area contributed by atoms with E-state index in [1.165, 1.54) is 41.5 Å². The fourth-order valence-corrected chi connectivity index (χ4v) is 4.00. The number of aromatic nitrogens is 2. The monoisotopic (exact) mass is 341 g/mol. The molecule has 0 radical (unpaired) electrons. The van der Waals surface area contributed by atoms with Crippen LogP contribution >= 0.6 is 15.9 Å². The third-order valence-corrected chi connectivity index (χ3v) is 5.37. The van der Waals surface area contributed by atoms with E-state index in [9.17, 15) is 0 Å². The van der Waals surface area contributed by atoms with Crippen LogP contribution in [0.1, 0.15) is 64.8 Å². The Morgan fingerprint density at radius 3 is 2.75 bits per heavy atom. The molecule has 1 unspecified atom stereocenters. The molecule has 0 amide bonds. The van der Waals surface area contributed by atoms with E-state index in [4.69, 9.17) is 0 Å². The van der Waals surface area contributed by atoms with Crippen LogP contribution in [-0.2, 0) is 19.5 Å². The van der Waals surface area contributed by atoms with Crippen LogP contribution in [0.25, 0.3) is 0 Å². The van der Waals surface area contributed by atoms with Gasteiger partial charge in [0.25, 0.3) is 0 Å². The highest BCUT2D eigenvalue weighted by Crippen LogP contribution is 2.35. The summed E-state index contributed by atoms with van der Waals surface area (Å²) in [6.45, 7) is 11.0. The maximum atomic E-state index is 4.67. The zero-order chi connectivity index (χ0) is 14.8. The number of hydrogen-bond donors (Lipinski definition) is 1. The van der Waals surface area contributed by atoms with Crippen molar-refractivity contribution in [2.24, 2.45) is 5.41 Å². The minimum Gasteiger partial charge on any atom is -0.308 e. The molecule has 1 heterocycles. The first-order valence-corrected chi connectivity index (χ1v) is 8.73. The summed E-state index contributed by atoms with van der Waals surface area (Å²) >= 11 is 3.73. The Morgan fingerprint density at radius 1 is 1.40 bits per heavy atom. The van der Waals surface area contributed by atoms with Crippen LogP contribution in [0, 0.1) is 5.41 Å². The first-order valence-electron chi connectivity index (χ1n) is 7.94. The van der Waals surface area contributed by atoms with E-state index in [0.717, 1.165) is 19.5 Å². The number of nitrogens with zero attached hydrogens (tertiary/aromatic N) is 2. The fourth-order valence-electron chi connectivity index (χ4n) is 3.30. The molecule has 114 valence electrons. The van der Waals surface area contributed by atoms with Gasteiger partial charge in [-0.2, -0.15) is 5.10 Å². The molecule has 1 atom stereocenters. The van der Waals surface area contributed by atoms with Gasteiger partial charge in [-0.05, 0) is 54.0 Å². The minimum atomic E-state index is 0.493. The van der Waals surface area contributed by atoms with Crippen molar-refractivity contribution in [1.82, 2.24) is 15.1 Å². The van der Waals surface area contributed by atoms with Gasteiger partial charge in [-0.1, -0.05) is 27.2 Å². The Morgan fingerprint density at radius 2 is 2.15 bits per heavy atom. The Hall–Kier alpha value is -0.350. The van der Waals surface area contributed by atoms with Crippen LogP contribution in [0.4, 0.5) is 0 Å². The lowest BCUT2D eigenvalue weighted by Gasteiger charge is -2.35. The van der Waals surface area contributed by atoms with Crippen LogP contribution in [0.15, 0.2) is 4.47 Å². The molecule has 1 aromatic heterocycles. The molecule has 1 aliphatic carbocycles. The van der Waals surface area contributed by atoms with Gasteiger partial charge >= 0.3 is 0 Å². The Bertz CT molecular complexity index is 451. The van der Waals surface area contributed by atoms with Crippen molar-refractivity contribution in [2.45, 2.75) is 78.9 Å². The summed E-state index contributed by atoms with van der Waals surface area (Å²) in [6, 6.07) is 0.649. The summed E-state index contributed by atoms with van der Waals surface area (Å²) in [6.07, 6.45) is 6.28. The summed E-state index contributed by atoms with van der Waals surface area (Å²) in [5.41, 5.74) is 2.97. The predicted molar refractivity (Wildman–Crippen MR) is 87.9 cm³/mol. The van der Waals surface area contributed by atoms with Gasteiger partial charge in [0, 0.05) is 19.1 Å². The summed E-state index contributed by atoms with van der Waals surface area (Å²) in [4.78, 5) is 0. The maximum Gasteiger partial charge on any atom is 0.0767 e. The fraction of sp³-hybridized carbons (Fsp3) is 0.812. The van der Waals surface area contributed by atoms with E-state index in [1.807, 2.05) is 0 Å². The van der Waals surface area contributed by atoms with Crippen molar-refractivity contribution in [1.29, 1.82) is 0 Å². The normalized spacial score (nSPS) is 22.1. The first kappa shape index (κ1) is 16.0. The summed E-state index contributed by atoms with van der Waals surface area (Å²) in [7, 11) is 0. The standard InChI is InChI=1S/C16H28BrN3/c1-5-13-15(17)14(20(6-2)19-13)11-18-12-8-7-9-16(3,4)10-12/h12,18H,5-11H2,1-4H3. The SMILES string of the molecule is CCc1nn(CC)c(CNC2CCCC(C)(C)C2)c1Br. The van der Waals surface area contributed by atoms with E-state index in [-0.39, 0.29) is 0 Å². The number of rotatable bonds is 5. The topological polar surface area (TPSA) is 29.9 Å². The molecule has 1 aliphatic rings. The largest absolute Gasteiger partial charge is 0.308 e. The van der Waals surface area contributed by atoms with Crippen molar-refractivity contribution < 1.29 is 0 Å². The van der Waals surface area contributed by atoms with Gasteiger partial charge in [0.1, 0.15) is 0 Å². The molecule has 2 rings (SSSR count). The predicted octanol–water partition coefficient (Wildman–Crippen LogP) is 4.29. The minimum absolute atomic E-state index is 0.493. The van der Waals surface area contributed by atoms with E-state index in [0.29, 0.717) is 11.5 Å². The molecular formula is C16H28BrN3. The lowest BCUT2D eigenvalue weighted by molar-refractivity contribution is 0.197. The van der Waals surface area contributed by atoms with E-state index in [1.54, 1.807) is 0 Å². The summed E-state index contributed by atoms with van der Waals surface area (Å²) in [5.74, 6) is 0. The third kappa shape index (κ3) is 3.64. The molecule has 0 spiro atoms. The van der Waals surface area contributed by atoms with Crippen molar-refractivity contribution in [3.63, 3.8) is 0 Å². The second-order valence-corrected chi connectivity index (χ2v) is 7.51. The molecule has 0 aromatic carbocycles. The molecule has 1 N–H and O–H groups in total. The van der Waals surface area contributed by atoms with Crippen LogP contribution in [0.3, 0.4) is 0 Å². The van der Waals surface area contributed by atoms with Crippen LogP contribution in [0.2, 0.25) is 0 Å². The molecule has 1 fully saturated rings.